The third-order valence-corrected chi connectivity index (χ3v) is 1.01. The second kappa shape index (κ2) is 2.35. The predicted molar refractivity (Wildman–Crippen MR) is 32.5 cm³/mol. The first kappa shape index (κ1) is 5.88. The van der Waals surface area contributed by atoms with Crippen molar-refractivity contribution in [3.05, 3.63) is 12.2 Å². The number of dihydropyridines is 1. The van der Waals surface area contributed by atoms with Crippen LogP contribution >= 0.6 is 0 Å². The van der Waals surface area contributed by atoms with Crippen molar-refractivity contribution >= 4 is 18.3 Å². The van der Waals surface area contributed by atoms with Gasteiger partial charge in [0.05, 0.1) is 0 Å². The summed E-state index contributed by atoms with van der Waals surface area (Å²) >= 11 is 0. The summed E-state index contributed by atoms with van der Waals surface area (Å²) in [4.78, 5) is 24.2. The second-order valence-electron chi connectivity index (χ2n) is 1.64. The Balaban J connectivity index is 2.77. The van der Waals surface area contributed by atoms with Gasteiger partial charge in [0.2, 0.25) is 0 Å². The molecule has 0 aliphatic carbocycles. The molecular weight excluding hydrogens is 118 g/mol. The highest BCUT2D eigenvalue weighted by Crippen LogP contribution is 1.94. The summed E-state index contributed by atoms with van der Waals surface area (Å²) in [5, 5.41) is 0. The molecule has 0 saturated heterocycles. The monoisotopic (exact) mass is 123 g/mol. The summed E-state index contributed by atoms with van der Waals surface area (Å²) in [6, 6.07) is -0.782. The van der Waals surface area contributed by atoms with Gasteiger partial charge in [-0.3, -0.25) is 9.79 Å². The van der Waals surface area contributed by atoms with Crippen molar-refractivity contribution in [2.45, 2.75) is 6.04 Å². The van der Waals surface area contributed by atoms with E-state index in [9.17, 15) is 9.59 Å². The van der Waals surface area contributed by atoms with Crippen LogP contribution in [0.25, 0.3) is 0 Å². The standard InChI is InChI=1S/C6H5NO2/c8-4-5-6(9)2-1-3-7-5/h1-5H. The fraction of sp³-hybridized carbons (Fsp3) is 0.167. The Hall–Kier alpha value is -1.25. The van der Waals surface area contributed by atoms with Crippen LogP contribution < -0.4 is 0 Å². The van der Waals surface area contributed by atoms with Crippen LogP contribution in [0.2, 0.25) is 0 Å². The number of nitrogens with zero attached hydrogens (tertiary/aromatic N) is 1. The van der Waals surface area contributed by atoms with Gasteiger partial charge in [-0.2, -0.15) is 0 Å². The van der Waals surface area contributed by atoms with E-state index in [0.29, 0.717) is 6.29 Å². The molecule has 0 N–H and O–H groups in total. The van der Waals surface area contributed by atoms with Gasteiger partial charge in [0, 0.05) is 6.21 Å². The Morgan fingerprint density at radius 3 is 2.89 bits per heavy atom. The summed E-state index contributed by atoms with van der Waals surface area (Å²) in [7, 11) is 0. The van der Waals surface area contributed by atoms with Crippen molar-refractivity contribution in [3.63, 3.8) is 0 Å². The van der Waals surface area contributed by atoms with Gasteiger partial charge in [-0.05, 0) is 12.2 Å². The van der Waals surface area contributed by atoms with Gasteiger partial charge >= 0.3 is 0 Å². The first-order valence-corrected chi connectivity index (χ1v) is 2.53. The Labute approximate surface area is 52.1 Å². The molecule has 9 heavy (non-hydrogen) atoms. The fourth-order valence-electron chi connectivity index (χ4n) is 0.555. The van der Waals surface area contributed by atoms with E-state index in [0.717, 1.165) is 0 Å². The zero-order valence-corrected chi connectivity index (χ0v) is 4.65. The zero-order chi connectivity index (χ0) is 6.69. The maximum absolute atomic E-state index is 10.6. The molecular formula is C6H5NO2. The number of carbonyl (C=O) groups excluding carboxylic acids is 2. The van der Waals surface area contributed by atoms with E-state index in [1.165, 1.54) is 18.4 Å². The normalized spacial score (nSPS) is 24.4. The first-order valence-electron chi connectivity index (χ1n) is 2.53. The maximum Gasteiger partial charge on any atom is 0.187 e. The topological polar surface area (TPSA) is 46.5 Å². The molecule has 0 aromatic carbocycles. The van der Waals surface area contributed by atoms with Crippen molar-refractivity contribution in [2.24, 2.45) is 4.99 Å². The van der Waals surface area contributed by atoms with E-state index in [4.69, 9.17) is 0 Å². The van der Waals surface area contributed by atoms with Crippen molar-refractivity contribution in [2.75, 3.05) is 0 Å². The molecule has 1 rings (SSSR count). The zero-order valence-electron chi connectivity index (χ0n) is 4.65. The van der Waals surface area contributed by atoms with Crippen LogP contribution in [-0.4, -0.2) is 24.3 Å². The van der Waals surface area contributed by atoms with Crippen LogP contribution in [0.3, 0.4) is 0 Å². The summed E-state index contributed by atoms with van der Waals surface area (Å²) in [6.07, 6.45) is 4.83. The molecule has 1 unspecified atom stereocenters. The molecule has 3 nitrogen and oxygen atoms in total. The number of carbonyl (C=O) groups is 2. The average Bonchev–Trinajstić information content (AvgIpc) is 1.89. The Bertz CT molecular complexity index is 193. The van der Waals surface area contributed by atoms with Crippen molar-refractivity contribution < 1.29 is 9.59 Å². The highest BCUT2D eigenvalue weighted by atomic mass is 16.1. The molecule has 0 aromatic rings. The predicted octanol–water partition coefficient (Wildman–Crippen LogP) is -0.236. The van der Waals surface area contributed by atoms with E-state index >= 15 is 0 Å². The molecule has 0 spiro atoms. The van der Waals surface area contributed by atoms with Gasteiger partial charge in [-0.1, -0.05) is 0 Å². The lowest BCUT2D eigenvalue weighted by atomic mass is 10.2. The van der Waals surface area contributed by atoms with Crippen LogP contribution in [0.5, 0.6) is 0 Å². The molecule has 1 aliphatic heterocycles. The lowest BCUT2D eigenvalue weighted by molar-refractivity contribution is -0.120. The number of hydrogen-bond acceptors (Lipinski definition) is 3. The molecule has 0 radical (unpaired) electrons. The lowest BCUT2D eigenvalue weighted by Gasteiger charge is -2.00. The molecule has 1 heterocycles. The minimum atomic E-state index is -0.782. The minimum Gasteiger partial charge on any atom is -0.300 e. The van der Waals surface area contributed by atoms with Gasteiger partial charge in [0.25, 0.3) is 0 Å². The van der Waals surface area contributed by atoms with Gasteiger partial charge in [-0.15, -0.1) is 0 Å². The van der Waals surface area contributed by atoms with Gasteiger partial charge < -0.3 is 4.79 Å². The second-order valence-corrected chi connectivity index (χ2v) is 1.64. The molecule has 46 valence electrons. The molecule has 0 aromatic heterocycles. The van der Waals surface area contributed by atoms with Crippen molar-refractivity contribution in [1.29, 1.82) is 0 Å². The van der Waals surface area contributed by atoms with E-state index in [1.54, 1.807) is 0 Å². The van der Waals surface area contributed by atoms with Crippen LogP contribution in [0, 0.1) is 0 Å². The van der Waals surface area contributed by atoms with Crippen LogP contribution in [-0.2, 0) is 9.59 Å². The molecule has 0 saturated carbocycles. The summed E-state index contributed by atoms with van der Waals surface area (Å²) in [6.45, 7) is 0. The van der Waals surface area contributed by atoms with E-state index < -0.39 is 6.04 Å². The summed E-state index contributed by atoms with van der Waals surface area (Å²) < 4.78 is 0. The quantitative estimate of drug-likeness (QED) is 0.357. The third kappa shape index (κ3) is 1.10. The Morgan fingerprint density at radius 1 is 1.67 bits per heavy atom. The van der Waals surface area contributed by atoms with E-state index in [2.05, 4.69) is 4.99 Å². The molecule has 0 amide bonds. The van der Waals surface area contributed by atoms with Crippen molar-refractivity contribution in [1.82, 2.24) is 0 Å². The SMILES string of the molecule is O=CC1N=CC=CC1=O. The number of rotatable bonds is 1. The van der Waals surface area contributed by atoms with Gasteiger partial charge in [0.15, 0.2) is 18.1 Å². The molecule has 0 fully saturated rings. The largest absolute Gasteiger partial charge is 0.300 e. The van der Waals surface area contributed by atoms with E-state index in [-0.39, 0.29) is 5.78 Å². The van der Waals surface area contributed by atoms with Gasteiger partial charge in [-0.25, -0.2) is 0 Å². The molecule has 3 heteroatoms. The average molecular weight is 123 g/mol. The van der Waals surface area contributed by atoms with Crippen molar-refractivity contribution in [3.8, 4) is 0 Å². The molecule has 1 aliphatic rings. The number of ketones is 1. The Morgan fingerprint density at radius 2 is 2.44 bits per heavy atom. The van der Waals surface area contributed by atoms with Crippen LogP contribution in [0.1, 0.15) is 0 Å². The fourth-order valence-corrected chi connectivity index (χ4v) is 0.555. The number of hydrogen-bond donors (Lipinski definition) is 0. The first-order chi connectivity index (χ1) is 4.34. The summed E-state index contributed by atoms with van der Waals surface area (Å²) in [5.41, 5.74) is 0. The minimum absolute atomic E-state index is 0.243. The third-order valence-electron chi connectivity index (χ3n) is 1.01. The number of aldehydes is 1. The molecule has 0 bridgehead atoms. The Kier molecular flexibility index (Phi) is 1.53. The van der Waals surface area contributed by atoms with Gasteiger partial charge in [0.1, 0.15) is 0 Å². The smallest absolute Gasteiger partial charge is 0.187 e. The number of allylic oxidation sites excluding steroid dienone is 1. The number of aliphatic imine (C=N–C) groups is 1. The maximum atomic E-state index is 10.6. The highest BCUT2D eigenvalue weighted by Gasteiger charge is 2.13. The molecule has 1 atom stereocenters. The summed E-state index contributed by atoms with van der Waals surface area (Å²) in [5.74, 6) is -0.243. The lowest BCUT2D eigenvalue weighted by Crippen LogP contribution is -2.19. The van der Waals surface area contributed by atoms with E-state index in [1.807, 2.05) is 0 Å². The van der Waals surface area contributed by atoms with Crippen LogP contribution in [0.15, 0.2) is 17.1 Å². The highest BCUT2D eigenvalue weighted by molar-refractivity contribution is 6.09. The van der Waals surface area contributed by atoms with Crippen LogP contribution in [0.4, 0.5) is 0 Å².